The number of β-amino-alcohol motifs (C(OH)–C–C–N with tert-alkyl or cyclic N) is 1. The molecule has 2 saturated heterocycles. The first-order valence-corrected chi connectivity index (χ1v) is 12.1. The van der Waals surface area contributed by atoms with E-state index < -0.39 is 10.0 Å². The molecule has 0 bridgehead atoms. The molecule has 1 N–H and O–H groups in total. The Labute approximate surface area is 168 Å². The minimum atomic E-state index is -3.26. The predicted molar refractivity (Wildman–Crippen MR) is 107 cm³/mol. The van der Waals surface area contributed by atoms with E-state index in [9.17, 15) is 8.42 Å². The smallest absolute Gasteiger partial charge is 0.216 e. The van der Waals surface area contributed by atoms with Gasteiger partial charge in [-0.1, -0.05) is 31.4 Å². The zero-order valence-electron chi connectivity index (χ0n) is 16.9. The lowest BCUT2D eigenvalue weighted by Crippen LogP contribution is -2.52. The van der Waals surface area contributed by atoms with Crippen LogP contribution in [-0.4, -0.2) is 100 Å². The molecule has 1 aromatic heterocycles. The van der Waals surface area contributed by atoms with Gasteiger partial charge in [0.15, 0.2) is 0 Å². The fourth-order valence-electron chi connectivity index (χ4n) is 4.03. The molecule has 0 aliphatic carbocycles. The van der Waals surface area contributed by atoms with Gasteiger partial charge in [0.2, 0.25) is 10.0 Å². The van der Waals surface area contributed by atoms with Crippen molar-refractivity contribution in [3.63, 3.8) is 0 Å². The van der Waals surface area contributed by atoms with Crippen molar-refractivity contribution in [1.29, 1.82) is 0 Å². The van der Waals surface area contributed by atoms with Gasteiger partial charge < -0.3 is 5.11 Å². The van der Waals surface area contributed by atoms with E-state index in [0.717, 1.165) is 39.1 Å². The molecule has 1 aromatic rings. The second kappa shape index (κ2) is 10.1. The van der Waals surface area contributed by atoms with E-state index in [-0.39, 0.29) is 18.4 Å². The molecular formula is C18H34N6O3S. The molecule has 160 valence electrons. The molecule has 9 nitrogen and oxygen atoms in total. The molecule has 2 aliphatic heterocycles. The van der Waals surface area contributed by atoms with Crippen molar-refractivity contribution < 1.29 is 13.5 Å². The van der Waals surface area contributed by atoms with Crippen molar-refractivity contribution in [2.75, 3.05) is 51.6 Å². The maximum atomic E-state index is 12.6. The summed E-state index contributed by atoms with van der Waals surface area (Å²) in [6.45, 7) is 8.16. The number of piperazine rings is 1. The molecule has 0 aromatic carbocycles. The summed E-state index contributed by atoms with van der Waals surface area (Å²) in [5.41, 5.74) is 0.715. The maximum absolute atomic E-state index is 12.6. The van der Waals surface area contributed by atoms with Gasteiger partial charge in [-0.05, 0) is 6.42 Å². The Kier molecular flexibility index (Phi) is 7.81. The van der Waals surface area contributed by atoms with E-state index in [1.807, 2.05) is 10.9 Å². The van der Waals surface area contributed by atoms with Crippen molar-refractivity contribution in [2.45, 2.75) is 51.7 Å². The van der Waals surface area contributed by atoms with Crippen molar-refractivity contribution in [2.24, 2.45) is 0 Å². The van der Waals surface area contributed by atoms with Crippen LogP contribution in [0, 0.1) is 0 Å². The summed E-state index contributed by atoms with van der Waals surface area (Å²) in [5.74, 6) is 0.179. The molecule has 0 radical (unpaired) electrons. The molecule has 0 saturated carbocycles. The monoisotopic (exact) mass is 414 g/mol. The molecule has 3 rings (SSSR count). The fraction of sp³-hybridized carbons (Fsp3) is 0.889. The van der Waals surface area contributed by atoms with Crippen molar-refractivity contribution >= 4 is 10.0 Å². The van der Waals surface area contributed by atoms with Crippen LogP contribution in [0.15, 0.2) is 6.20 Å². The lowest BCUT2D eigenvalue weighted by Gasteiger charge is -2.37. The molecule has 1 atom stereocenters. The summed E-state index contributed by atoms with van der Waals surface area (Å²) < 4.78 is 28.7. The third-order valence-electron chi connectivity index (χ3n) is 5.72. The number of aliphatic hydroxyl groups excluding tert-OH is 1. The van der Waals surface area contributed by atoms with Gasteiger partial charge in [0.25, 0.3) is 0 Å². The minimum absolute atomic E-state index is 0.0327. The summed E-state index contributed by atoms with van der Waals surface area (Å²) in [6.07, 6.45) is 6.56. The number of hydrogen-bond donors (Lipinski definition) is 1. The number of rotatable bonds is 10. The van der Waals surface area contributed by atoms with Gasteiger partial charge >= 0.3 is 0 Å². The van der Waals surface area contributed by atoms with Gasteiger partial charge in [-0.2, -0.15) is 4.31 Å². The first kappa shape index (κ1) is 21.6. The van der Waals surface area contributed by atoms with E-state index in [0.29, 0.717) is 25.3 Å². The number of aromatic nitrogens is 3. The normalized spacial score (nSPS) is 24.1. The van der Waals surface area contributed by atoms with E-state index in [4.69, 9.17) is 5.11 Å². The van der Waals surface area contributed by atoms with Crippen LogP contribution in [-0.2, 0) is 23.1 Å². The Morgan fingerprint density at radius 2 is 1.93 bits per heavy atom. The van der Waals surface area contributed by atoms with E-state index >= 15 is 0 Å². The highest BCUT2D eigenvalue weighted by Gasteiger charge is 2.40. The molecule has 1 unspecified atom stereocenters. The quantitative estimate of drug-likeness (QED) is 0.538. The topological polar surface area (TPSA) is 94.8 Å². The molecule has 0 spiro atoms. The van der Waals surface area contributed by atoms with Crippen LogP contribution < -0.4 is 0 Å². The summed E-state index contributed by atoms with van der Waals surface area (Å²) in [5, 5.41) is 17.4. The fourth-order valence-corrected chi connectivity index (χ4v) is 5.77. The van der Waals surface area contributed by atoms with Crippen LogP contribution in [0.3, 0.4) is 0 Å². The zero-order chi connectivity index (χ0) is 20.0. The predicted octanol–water partition coefficient (Wildman–Crippen LogP) is -0.0177. The largest absolute Gasteiger partial charge is 0.395 e. The Hall–Kier alpha value is -1.07. The van der Waals surface area contributed by atoms with Crippen molar-refractivity contribution in [3.05, 3.63) is 11.9 Å². The highest BCUT2D eigenvalue weighted by Crippen LogP contribution is 2.22. The Morgan fingerprint density at radius 3 is 2.64 bits per heavy atom. The summed E-state index contributed by atoms with van der Waals surface area (Å²) in [6, 6.07) is 0.0327. The molecule has 0 amide bonds. The minimum Gasteiger partial charge on any atom is -0.395 e. The summed E-state index contributed by atoms with van der Waals surface area (Å²) in [4.78, 5) is 4.49. The van der Waals surface area contributed by atoms with Gasteiger partial charge in [-0.25, -0.2) is 8.42 Å². The SMILES string of the molecule is CCCCCCn1cc(CN2CC(N3CCN(CCO)CC3)CS2(=O)=O)nn1. The second-order valence-corrected chi connectivity index (χ2v) is 9.87. The van der Waals surface area contributed by atoms with Crippen LogP contribution in [0.25, 0.3) is 0 Å². The Morgan fingerprint density at radius 1 is 1.14 bits per heavy atom. The van der Waals surface area contributed by atoms with E-state index in [1.165, 1.54) is 19.3 Å². The van der Waals surface area contributed by atoms with E-state index in [2.05, 4.69) is 27.0 Å². The van der Waals surface area contributed by atoms with Gasteiger partial charge in [0, 0.05) is 58.1 Å². The van der Waals surface area contributed by atoms with Crippen molar-refractivity contribution in [3.8, 4) is 0 Å². The van der Waals surface area contributed by atoms with Crippen LogP contribution in [0.2, 0.25) is 0 Å². The molecule has 3 heterocycles. The Bertz CT molecular complexity index is 702. The maximum Gasteiger partial charge on any atom is 0.216 e. The number of nitrogens with zero attached hydrogens (tertiary/aromatic N) is 6. The first-order valence-electron chi connectivity index (χ1n) is 10.5. The molecule has 10 heteroatoms. The zero-order valence-corrected chi connectivity index (χ0v) is 17.7. The lowest BCUT2D eigenvalue weighted by atomic mass is 10.2. The van der Waals surface area contributed by atoms with Gasteiger partial charge in [0.1, 0.15) is 0 Å². The highest BCUT2D eigenvalue weighted by atomic mass is 32.2. The molecule has 2 fully saturated rings. The molecule has 28 heavy (non-hydrogen) atoms. The number of hydrogen-bond acceptors (Lipinski definition) is 7. The Balaban J connectivity index is 1.50. The first-order chi connectivity index (χ1) is 13.5. The third-order valence-corrected chi connectivity index (χ3v) is 7.59. The van der Waals surface area contributed by atoms with Crippen LogP contribution in [0.5, 0.6) is 0 Å². The number of aliphatic hydroxyl groups is 1. The van der Waals surface area contributed by atoms with Gasteiger partial charge in [-0.3, -0.25) is 14.5 Å². The van der Waals surface area contributed by atoms with Crippen LogP contribution >= 0.6 is 0 Å². The number of aryl methyl sites for hydroxylation is 1. The highest BCUT2D eigenvalue weighted by molar-refractivity contribution is 7.89. The molecular weight excluding hydrogens is 380 g/mol. The summed E-state index contributed by atoms with van der Waals surface area (Å²) >= 11 is 0. The van der Waals surface area contributed by atoms with Gasteiger partial charge in [-0.15, -0.1) is 5.10 Å². The van der Waals surface area contributed by atoms with Crippen LogP contribution in [0.1, 0.15) is 38.3 Å². The van der Waals surface area contributed by atoms with Crippen molar-refractivity contribution in [1.82, 2.24) is 29.1 Å². The average molecular weight is 415 g/mol. The lowest BCUT2D eigenvalue weighted by molar-refractivity contribution is 0.0880. The number of unbranched alkanes of at least 4 members (excludes halogenated alkanes) is 3. The third kappa shape index (κ3) is 5.73. The number of sulfonamides is 1. The van der Waals surface area contributed by atoms with Gasteiger partial charge in [0.05, 0.1) is 24.6 Å². The molecule has 2 aliphatic rings. The summed E-state index contributed by atoms with van der Waals surface area (Å²) in [7, 11) is -3.26. The van der Waals surface area contributed by atoms with E-state index in [1.54, 1.807) is 4.31 Å². The second-order valence-electron chi connectivity index (χ2n) is 7.86. The van der Waals surface area contributed by atoms with Crippen LogP contribution in [0.4, 0.5) is 0 Å². The standard InChI is InChI=1S/C18H34N6O3S/c1-2-3-4-5-6-23-13-17(19-20-23)14-24-15-18(16-28(24,26)27)22-9-7-21(8-10-22)11-12-25/h13,18,25H,2-12,14-16H2,1H3. The average Bonchev–Trinajstić information content (AvgIpc) is 3.24.